The molecule has 1 aromatic rings. The van der Waals surface area contributed by atoms with E-state index in [1.54, 1.807) is 7.11 Å². The van der Waals surface area contributed by atoms with Crippen molar-refractivity contribution in [3.05, 3.63) is 35.9 Å². The Balaban J connectivity index is 1.68. The van der Waals surface area contributed by atoms with Gasteiger partial charge in [0.15, 0.2) is 0 Å². The Hall–Kier alpha value is -0.900. The van der Waals surface area contributed by atoms with Crippen molar-refractivity contribution in [2.24, 2.45) is 0 Å². The first-order chi connectivity index (χ1) is 8.78. The van der Waals surface area contributed by atoms with E-state index in [9.17, 15) is 0 Å². The molecule has 0 spiro atoms. The van der Waals surface area contributed by atoms with Crippen LogP contribution in [0, 0.1) is 0 Å². The molecule has 1 aliphatic heterocycles. The molecule has 0 aliphatic carbocycles. The maximum absolute atomic E-state index is 5.37. The molecular formula is C15H24N2O. The highest BCUT2D eigenvalue weighted by atomic mass is 16.5. The predicted molar refractivity (Wildman–Crippen MR) is 74.8 cm³/mol. The van der Waals surface area contributed by atoms with E-state index in [1.807, 2.05) is 0 Å². The fourth-order valence-corrected chi connectivity index (χ4v) is 2.53. The number of rotatable bonds is 6. The maximum Gasteiger partial charge on any atom is 0.0711 e. The van der Waals surface area contributed by atoms with Crippen LogP contribution in [0.2, 0.25) is 0 Å². The van der Waals surface area contributed by atoms with Gasteiger partial charge >= 0.3 is 0 Å². The average molecular weight is 248 g/mol. The van der Waals surface area contributed by atoms with Gasteiger partial charge in [-0.2, -0.15) is 0 Å². The lowest BCUT2D eigenvalue weighted by atomic mass is 10.1. The van der Waals surface area contributed by atoms with Gasteiger partial charge in [0.1, 0.15) is 0 Å². The molecule has 0 saturated carbocycles. The molecule has 1 fully saturated rings. The number of hydrogen-bond donors (Lipinski definition) is 1. The largest absolute Gasteiger partial charge is 0.380 e. The minimum Gasteiger partial charge on any atom is -0.380 e. The van der Waals surface area contributed by atoms with E-state index in [-0.39, 0.29) is 0 Å². The summed E-state index contributed by atoms with van der Waals surface area (Å²) in [6.45, 7) is 3.21. The average Bonchev–Trinajstić information content (AvgIpc) is 2.85. The van der Waals surface area contributed by atoms with Crippen molar-refractivity contribution in [1.82, 2.24) is 10.2 Å². The van der Waals surface area contributed by atoms with E-state index < -0.39 is 0 Å². The first-order valence-corrected chi connectivity index (χ1v) is 6.76. The maximum atomic E-state index is 5.37. The van der Waals surface area contributed by atoms with Crippen LogP contribution in [0.3, 0.4) is 0 Å². The molecule has 1 N–H and O–H groups in total. The van der Waals surface area contributed by atoms with Gasteiger partial charge in [0.25, 0.3) is 0 Å². The number of nitrogens with zero attached hydrogens (tertiary/aromatic N) is 1. The number of benzene rings is 1. The second-order valence-electron chi connectivity index (χ2n) is 5.20. The Morgan fingerprint density at radius 3 is 2.78 bits per heavy atom. The quantitative estimate of drug-likeness (QED) is 0.826. The summed E-state index contributed by atoms with van der Waals surface area (Å²) in [5.41, 5.74) is 1.42. The summed E-state index contributed by atoms with van der Waals surface area (Å²) in [6.07, 6.45) is 2.65. The molecule has 1 aromatic carbocycles. The molecule has 0 aromatic heterocycles. The SMILES string of the molecule is COC1CNC(CN(C)CCc2ccccc2)C1. The molecule has 0 bridgehead atoms. The van der Waals surface area contributed by atoms with Crippen molar-refractivity contribution in [3.63, 3.8) is 0 Å². The summed E-state index contributed by atoms with van der Waals surface area (Å²) >= 11 is 0. The third-order valence-electron chi connectivity index (χ3n) is 3.67. The highest BCUT2D eigenvalue weighted by molar-refractivity contribution is 5.14. The molecule has 18 heavy (non-hydrogen) atoms. The van der Waals surface area contributed by atoms with Crippen LogP contribution in [-0.4, -0.2) is 50.8 Å². The summed E-state index contributed by atoms with van der Waals surface area (Å²) < 4.78 is 5.37. The van der Waals surface area contributed by atoms with Gasteiger partial charge in [0, 0.05) is 32.8 Å². The topological polar surface area (TPSA) is 24.5 Å². The molecule has 2 unspecified atom stereocenters. The zero-order valence-electron chi connectivity index (χ0n) is 11.4. The number of hydrogen-bond acceptors (Lipinski definition) is 3. The van der Waals surface area contributed by atoms with Crippen LogP contribution in [0.5, 0.6) is 0 Å². The molecule has 2 atom stereocenters. The lowest BCUT2D eigenvalue weighted by Gasteiger charge is -2.21. The normalized spacial score (nSPS) is 23.7. The molecule has 1 heterocycles. The minimum absolute atomic E-state index is 0.400. The standard InChI is InChI=1S/C15H24N2O/c1-17(9-8-13-6-4-3-5-7-13)12-14-10-15(18-2)11-16-14/h3-7,14-16H,8-12H2,1-2H3. The molecule has 2 rings (SSSR count). The number of nitrogens with one attached hydrogen (secondary N) is 1. The number of likely N-dealkylation sites (N-methyl/N-ethyl adjacent to an activating group) is 1. The van der Waals surface area contributed by atoms with E-state index in [2.05, 4.69) is 47.6 Å². The van der Waals surface area contributed by atoms with Crippen molar-refractivity contribution in [2.75, 3.05) is 33.8 Å². The third-order valence-corrected chi connectivity index (χ3v) is 3.67. The first kappa shape index (κ1) is 13.5. The van der Waals surface area contributed by atoms with Crippen LogP contribution in [-0.2, 0) is 11.2 Å². The number of methoxy groups -OCH3 is 1. The fraction of sp³-hybridized carbons (Fsp3) is 0.600. The van der Waals surface area contributed by atoms with Gasteiger partial charge in [-0.15, -0.1) is 0 Å². The molecule has 3 heteroatoms. The second kappa shape index (κ2) is 6.88. The summed E-state index contributed by atoms with van der Waals surface area (Å²) in [7, 11) is 4.00. The van der Waals surface area contributed by atoms with Gasteiger partial charge in [-0.3, -0.25) is 0 Å². The predicted octanol–water partition coefficient (Wildman–Crippen LogP) is 1.54. The summed E-state index contributed by atoms with van der Waals surface area (Å²) in [5.74, 6) is 0. The molecule has 0 radical (unpaired) electrons. The van der Waals surface area contributed by atoms with Gasteiger partial charge in [-0.1, -0.05) is 30.3 Å². The Morgan fingerprint density at radius 1 is 1.33 bits per heavy atom. The monoisotopic (exact) mass is 248 g/mol. The van der Waals surface area contributed by atoms with E-state index >= 15 is 0 Å². The van der Waals surface area contributed by atoms with Crippen LogP contribution < -0.4 is 5.32 Å². The fourth-order valence-electron chi connectivity index (χ4n) is 2.53. The van der Waals surface area contributed by atoms with Crippen molar-refractivity contribution in [2.45, 2.75) is 25.0 Å². The number of ether oxygens (including phenoxy) is 1. The zero-order valence-corrected chi connectivity index (χ0v) is 11.4. The summed E-state index contributed by atoms with van der Waals surface area (Å²) in [6, 6.07) is 11.3. The van der Waals surface area contributed by atoms with Gasteiger partial charge in [0.2, 0.25) is 0 Å². The second-order valence-corrected chi connectivity index (χ2v) is 5.20. The van der Waals surface area contributed by atoms with Crippen LogP contribution in [0.25, 0.3) is 0 Å². The van der Waals surface area contributed by atoms with Gasteiger partial charge in [-0.25, -0.2) is 0 Å². The lowest BCUT2D eigenvalue weighted by molar-refractivity contribution is 0.116. The van der Waals surface area contributed by atoms with E-state index in [4.69, 9.17) is 4.74 Å². The van der Waals surface area contributed by atoms with Gasteiger partial charge in [-0.05, 0) is 25.5 Å². The molecule has 1 saturated heterocycles. The molecule has 0 amide bonds. The molecular weight excluding hydrogens is 224 g/mol. The highest BCUT2D eigenvalue weighted by Gasteiger charge is 2.24. The van der Waals surface area contributed by atoms with Crippen molar-refractivity contribution in [3.8, 4) is 0 Å². The summed E-state index contributed by atoms with van der Waals surface area (Å²) in [4.78, 5) is 2.41. The smallest absolute Gasteiger partial charge is 0.0711 e. The van der Waals surface area contributed by atoms with E-state index in [0.717, 1.165) is 32.5 Å². The Morgan fingerprint density at radius 2 is 2.11 bits per heavy atom. The van der Waals surface area contributed by atoms with Crippen LogP contribution in [0.1, 0.15) is 12.0 Å². The summed E-state index contributed by atoms with van der Waals surface area (Å²) in [5, 5.41) is 3.52. The van der Waals surface area contributed by atoms with Crippen LogP contribution in [0.4, 0.5) is 0 Å². The highest BCUT2D eigenvalue weighted by Crippen LogP contribution is 2.10. The Bertz CT molecular complexity index is 342. The molecule has 3 nitrogen and oxygen atoms in total. The molecule has 100 valence electrons. The zero-order chi connectivity index (χ0) is 12.8. The lowest BCUT2D eigenvalue weighted by Crippen LogP contribution is -2.36. The van der Waals surface area contributed by atoms with E-state index in [1.165, 1.54) is 5.56 Å². The van der Waals surface area contributed by atoms with Crippen molar-refractivity contribution in [1.29, 1.82) is 0 Å². The Kier molecular flexibility index (Phi) is 5.17. The van der Waals surface area contributed by atoms with E-state index in [0.29, 0.717) is 12.1 Å². The van der Waals surface area contributed by atoms with Gasteiger partial charge in [0.05, 0.1) is 6.10 Å². The van der Waals surface area contributed by atoms with Crippen molar-refractivity contribution >= 4 is 0 Å². The van der Waals surface area contributed by atoms with Crippen LogP contribution in [0.15, 0.2) is 30.3 Å². The Labute approximate surface area is 110 Å². The minimum atomic E-state index is 0.400. The van der Waals surface area contributed by atoms with Crippen LogP contribution >= 0.6 is 0 Å². The molecule has 1 aliphatic rings. The third kappa shape index (κ3) is 4.09. The van der Waals surface area contributed by atoms with Gasteiger partial charge < -0.3 is 15.0 Å². The first-order valence-electron chi connectivity index (χ1n) is 6.76. The van der Waals surface area contributed by atoms with Crippen molar-refractivity contribution < 1.29 is 4.74 Å².